The van der Waals surface area contributed by atoms with Crippen LogP contribution in [0.15, 0.2) is 4.99 Å². The van der Waals surface area contributed by atoms with Crippen LogP contribution in [0, 0.1) is 0 Å². The molecule has 1 unspecified atom stereocenters. The van der Waals surface area contributed by atoms with Gasteiger partial charge in [0.05, 0.1) is 0 Å². The van der Waals surface area contributed by atoms with Crippen molar-refractivity contribution >= 4 is 17.9 Å². The second-order valence-corrected chi connectivity index (χ2v) is 6.57. The third kappa shape index (κ3) is 4.61. The van der Waals surface area contributed by atoms with Crippen molar-refractivity contribution in [3.8, 4) is 0 Å². The first kappa shape index (κ1) is 17.3. The fourth-order valence-corrected chi connectivity index (χ4v) is 2.04. The first-order chi connectivity index (χ1) is 9.59. The van der Waals surface area contributed by atoms with Crippen LogP contribution in [-0.2, 0) is 4.79 Å². The number of hydrogen-bond donors (Lipinski definition) is 3. The molecular weight excluding hydrogens is 270 g/mol. The topological polar surface area (TPSA) is 99.8 Å². The Kier molecular flexibility index (Phi) is 5.20. The lowest BCUT2D eigenvalue weighted by Crippen LogP contribution is -2.45. The SMILES string of the molecule is CCC1(C)NC(=O)N(CCCN=C(N)NC(C)(C)C)C1=O. The Labute approximate surface area is 126 Å². The molecule has 1 aliphatic heterocycles. The number of nitrogens with one attached hydrogen (secondary N) is 2. The van der Waals surface area contributed by atoms with Crippen LogP contribution in [0.1, 0.15) is 47.5 Å². The summed E-state index contributed by atoms with van der Waals surface area (Å²) in [5, 5.41) is 5.78. The maximum atomic E-state index is 12.2. The van der Waals surface area contributed by atoms with Crippen molar-refractivity contribution in [3.63, 3.8) is 0 Å². The Morgan fingerprint density at radius 1 is 1.43 bits per heavy atom. The molecule has 0 spiro atoms. The average molecular weight is 297 g/mol. The number of imide groups is 1. The summed E-state index contributed by atoms with van der Waals surface area (Å²) in [4.78, 5) is 29.4. The Balaban J connectivity index is 2.45. The van der Waals surface area contributed by atoms with Gasteiger partial charge in [-0.15, -0.1) is 0 Å². The number of aliphatic imine (C=N–C) groups is 1. The van der Waals surface area contributed by atoms with E-state index in [1.807, 2.05) is 27.7 Å². The summed E-state index contributed by atoms with van der Waals surface area (Å²) in [5.74, 6) is 0.206. The zero-order chi connectivity index (χ0) is 16.3. The highest BCUT2D eigenvalue weighted by molar-refractivity contribution is 6.06. The van der Waals surface area contributed by atoms with Crippen molar-refractivity contribution in [2.24, 2.45) is 10.7 Å². The van der Waals surface area contributed by atoms with Crippen molar-refractivity contribution in [3.05, 3.63) is 0 Å². The zero-order valence-electron chi connectivity index (χ0n) is 13.6. The maximum Gasteiger partial charge on any atom is 0.325 e. The molecule has 21 heavy (non-hydrogen) atoms. The third-order valence-electron chi connectivity index (χ3n) is 3.38. The van der Waals surface area contributed by atoms with Crippen LogP contribution in [0.5, 0.6) is 0 Å². The second kappa shape index (κ2) is 6.32. The maximum absolute atomic E-state index is 12.2. The van der Waals surface area contributed by atoms with E-state index in [0.29, 0.717) is 31.9 Å². The molecule has 1 aliphatic rings. The third-order valence-corrected chi connectivity index (χ3v) is 3.38. The molecule has 7 nitrogen and oxygen atoms in total. The van der Waals surface area contributed by atoms with Gasteiger partial charge in [0.1, 0.15) is 5.54 Å². The summed E-state index contributed by atoms with van der Waals surface area (Å²) in [7, 11) is 0. The first-order valence-corrected chi connectivity index (χ1v) is 7.31. The fourth-order valence-electron chi connectivity index (χ4n) is 2.04. The number of nitrogens with two attached hydrogens (primary N) is 1. The van der Waals surface area contributed by atoms with Gasteiger partial charge in [-0.2, -0.15) is 0 Å². The van der Waals surface area contributed by atoms with Crippen LogP contribution < -0.4 is 16.4 Å². The van der Waals surface area contributed by atoms with Gasteiger partial charge in [0.25, 0.3) is 5.91 Å². The number of hydrogen-bond acceptors (Lipinski definition) is 3. The molecule has 120 valence electrons. The normalized spacial score (nSPS) is 23.5. The van der Waals surface area contributed by atoms with Crippen molar-refractivity contribution in [1.82, 2.24) is 15.5 Å². The van der Waals surface area contributed by atoms with E-state index >= 15 is 0 Å². The number of nitrogens with zero attached hydrogens (tertiary/aromatic N) is 2. The Morgan fingerprint density at radius 2 is 2.05 bits per heavy atom. The smallest absolute Gasteiger partial charge is 0.325 e. The summed E-state index contributed by atoms with van der Waals surface area (Å²) >= 11 is 0. The Bertz CT molecular complexity index is 441. The molecule has 1 heterocycles. The monoisotopic (exact) mass is 297 g/mol. The van der Waals surface area contributed by atoms with Gasteiger partial charge in [-0.3, -0.25) is 14.7 Å². The van der Waals surface area contributed by atoms with Gasteiger partial charge < -0.3 is 16.4 Å². The number of carbonyl (C=O) groups is 2. The standard InChI is InChI=1S/C14H27N5O2/c1-6-14(5)10(20)19(12(21)18-14)9-7-8-16-11(15)17-13(2,3)4/h6-9H2,1-5H3,(H,18,21)(H3,15,16,17). The van der Waals surface area contributed by atoms with E-state index in [9.17, 15) is 9.59 Å². The minimum absolute atomic E-state index is 0.138. The predicted molar refractivity (Wildman–Crippen MR) is 82.9 cm³/mol. The van der Waals surface area contributed by atoms with Crippen molar-refractivity contribution in [2.75, 3.05) is 13.1 Å². The lowest BCUT2D eigenvalue weighted by atomic mass is 9.99. The highest BCUT2D eigenvalue weighted by Crippen LogP contribution is 2.20. The number of carbonyl (C=O) groups excluding carboxylic acids is 2. The van der Waals surface area contributed by atoms with E-state index in [1.54, 1.807) is 6.92 Å². The van der Waals surface area contributed by atoms with Crippen LogP contribution in [0.25, 0.3) is 0 Å². The molecule has 7 heteroatoms. The van der Waals surface area contributed by atoms with Gasteiger partial charge >= 0.3 is 6.03 Å². The van der Waals surface area contributed by atoms with Crippen LogP contribution in [-0.4, -0.2) is 47.0 Å². The van der Waals surface area contributed by atoms with E-state index in [1.165, 1.54) is 4.90 Å². The Morgan fingerprint density at radius 3 is 2.52 bits per heavy atom. The quantitative estimate of drug-likeness (QED) is 0.302. The van der Waals surface area contributed by atoms with Gasteiger partial charge in [-0.25, -0.2) is 4.79 Å². The number of urea groups is 1. The van der Waals surface area contributed by atoms with Crippen LogP contribution in [0.3, 0.4) is 0 Å². The van der Waals surface area contributed by atoms with E-state index < -0.39 is 5.54 Å². The van der Waals surface area contributed by atoms with Gasteiger partial charge in [0.2, 0.25) is 0 Å². The van der Waals surface area contributed by atoms with Crippen LogP contribution >= 0.6 is 0 Å². The van der Waals surface area contributed by atoms with Gasteiger partial charge in [-0.1, -0.05) is 6.92 Å². The molecule has 1 atom stereocenters. The summed E-state index contributed by atoms with van der Waals surface area (Å²) in [6.07, 6.45) is 1.17. The summed E-state index contributed by atoms with van der Waals surface area (Å²) in [5.41, 5.74) is 4.84. The first-order valence-electron chi connectivity index (χ1n) is 7.31. The van der Waals surface area contributed by atoms with E-state index in [0.717, 1.165) is 0 Å². The summed E-state index contributed by atoms with van der Waals surface area (Å²) < 4.78 is 0. The molecule has 0 aromatic carbocycles. The average Bonchev–Trinajstić information content (AvgIpc) is 2.55. The predicted octanol–water partition coefficient (Wildman–Crippen LogP) is 0.800. The highest BCUT2D eigenvalue weighted by atomic mass is 16.2. The Hall–Kier alpha value is -1.79. The van der Waals surface area contributed by atoms with E-state index in [-0.39, 0.29) is 17.5 Å². The second-order valence-electron chi connectivity index (χ2n) is 6.57. The molecule has 0 aliphatic carbocycles. The number of guanidine groups is 1. The van der Waals surface area contributed by atoms with Crippen molar-refractivity contribution < 1.29 is 9.59 Å². The molecule has 1 fully saturated rings. The van der Waals surface area contributed by atoms with Crippen LogP contribution in [0.4, 0.5) is 4.79 Å². The molecule has 4 N–H and O–H groups in total. The zero-order valence-corrected chi connectivity index (χ0v) is 13.6. The van der Waals surface area contributed by atoms with E-state index in [4.69, 9.17) is 5.73 Å². The molecule has 0 saturated carbocycles. The van der Waals surface area contributed by atoms with Crippen LogP contribution in [0.2, 0.25) is 0 Å². The summed E-state index contributed by atoms with van der Waals surface area (Å²) in [6, 6.07) is -0.325. The molecular formula is C14H27N5O2. The number of rotatable bonds is 5. The molecule has 0 bridgehead atoms. The van der Waals surface area contributed by atoms with Gasteiger partial charge in [-0.05, 0) is 40.5 Å². The fraction of sp³-hybridized carbons (Fsp3) is 0.786. The van der Waals surface area contributed by atoms with Crippen molar-refractivity contribution in [1.29, 1.82) is 0 Å². The van der Waals surface area contributed by atoms with E-state index in [2.05, 4.69) is 15.6 Å². The molecule has 0 aromatic heterocycles. The molecule has 3 amide bonds. The number of amides is 3. The minimum Gasteiger partial charge on any atom is -0.370 e. The van der Waals surface area contributed by atoms with Gasteiger partial charge in [0, 0.05) is 18.6 Å². The highest BCUT2D eigenvalue weighted by Gasteiger charge is 2.45. The molecule has 0 aromatic rings. The molecule has 0 radical (unpaired) electrons. The summed E-state index contributed by atoms with van der Waals surface area (Å²) in [6.45, 7) is 10.4. The lowest BCUT2D eigenvalue weighted by Gasteiger charge is -2.21. The van der Waals surface area contributed by atoms with Gasteiger partial charge in [0.15, 0.2) is 5.96 Å². The molecule has 1 saturated heterocycles. The largest absolute Gasteiger partial charge is 0.370 e. The minimum atomic E-state index is -0.771. The van der Waals surface area contributed by atoms with Crippen molar-refractivity contribution in [2.45, 2.75) is 58.5 Å². The molecule has 1 rings (SSSR count). The lowest BCUT2D eigenvalue weighted by molar-refractivity contribution is -0.130.